The van der Waals surface area contributed by atoms with Gasteiger partial charge in [-0.05, 0) is 56.8 Å². The van der Waals surface area contributed by atoms with E-state index in [2.05, 4.69) is 46.1 Å². The fourth-order valence-electron chi connectivity index (χ4n) is 4.91. The first-order valence-corrected chi connectivity index (χ1v) is 9.86. The van der Waals surface area contributed by atoms with Gasteiger partial charge in [-0.25, -0.2) is 0 Å². The normalized spacial score (nSPS) is 24.4. The van der Waals surface area contributed by atoms with Crippen molar-refractivity contribution in [1.29, 1.82) is 0 Å². The summed E-state index contributed by atoms with van der Waals surface area (Å²) in [4.78, 5) is 21.0. The van der Waals surface area contributed by atoms with Crippen LogP contribution in [-0.4, -0.2) is 52.4 Å². The number of likely N-dealkylation sites (tertiary alicyclic amines) is 2. The van der Waals surface area contributed by atoms with E-state index in [1.807, 2.05) is 6.07 Å². The number of hydrogen-bond donors (Lipinski definition) is 1. The smallest absolute Gasteiger partial charge is 0.223 e. The predicted molar refractivity (Wildman–Crippen MR) is 102 cm³/mol. The SMILES string of the molecule is CCN1CCCC1C1CCCN1C(=O)CCc1c[nH]c2ccccc12. The molecule has 0 radical (unpaired) electrons. The maximum absolute atomic E-state index is 12.9. The molecule has 0 bridgehead atoms. The minimum absolute atomic E-state index is 0.343. The zero-order valence-corrected chi connectivity index (χ0v) is 15.2. The number of H-pyrrole nitrogens is 1. The Labute approximate surface area is 150 Å². The second kappa shape index (κ2) is 7.20. The third-order valence-corrected chi connectivity index (χ3v) is 6.17. The molecule has 1 aromatic heterocycles. The molecule has 2 aliphatic heterocycles. The molecule has 4 rings (SSSR count). The number of nitrogens with zero attached hydrogens (tertiary/aromatic N) is 2. The van der Waals surface area contributed by atoms with Gasteiger partial charge in [0.1, 0.15) is 0 Å². The summed E-state index contributed by atoms with van der Waals surface area (Å²) in [6.07, 6.45) is 8.40. The van der Waals surface area contributed by atoms with E-state index in [1.165, 1.54) is 36.8 Å². The summed E-state index contributed by atoms with van der Waals surface area (Å²) >= 11 is 0. The Balaban J connectivity index is 1.42. The lowest BCUT2D eigenvalue weighted by molar-refractivity contribution is -0.133. The molecule has 2 saturated heterocycles. The van der Waals surface area contributed by atoms with Crippen molar-refractivity contribution in [1.82, 2.24) is 14.8 Å². The summed E-state index contributed by atoms with van der Waals surface area (Å²) in [6.45, 7) is 5.51. The van der Waals surface area contributed by atoms with E-state index in [4.69, 9.17) is 0 Å². The van der Waals surface area contributed by atoms with Crippen LogP contribution in [0.15, 0.2) is 30.5 Å². The highest BCUT2D eigenvalue weighted by molar-refractivity contribution is 5.84. The summed E-state index contributed by atoms with van der Waals surface area (Å²) in [5, 5.41) is 1.25. The molecule has 1 N–H and O–H groups in total. The first-order valence-electron chi connectivity index (χ1n) is 9.86. The number of fused-ring (bicyclic) bond motifs is 1. The fourth-order valence-corrected chi connectivity index (χ4v) is 4.91. The van der Waals surface area contributed by atoms with Gasteiger partial charge in [0.2, 0.25) is 5.91 Å². The van der Waals surface area contributed by atoms with Gasteiger partial charge in [0, 0.05) is 42.1 Å². The van der Waals surface area contributed by atoms with E-state index >= 15 is 0 Å². The van der Waals surface area contributed by atoms with Gasteiger partial charge in [0.15, 0.2) is 0 Å². The molecule has 2 unspecified atom stereocenters. The molecule has 2 fully saturated rings. The van der Waals surface area contributed by atoms with Crippen LogP contribution < -0.4 is 0 Å². The number of benzene rings is 1. The number of hydrogen-bond acceptors (Lipinski definition) is 2. The number of para-hydroxylation sites is 1. The second-order valence-corrected chi connectivity index (χ2v) is 7.49. The van der Waals surface area contributed by atoms with Gasteiger partial charge in [-0.1, -0.05) is 25.1 Å². The average Bonchev–Trinajstić information content (AvgIpc) is 3.37. The lowest BCUT2D eigenvalue weighted by atomic mass is 10.0. The van der Waals surface area contributed by atoms with Crippen molar-refractivity contribution < 1.29 is 4.79 Å². The van der Waals surface area contributed by atoms with Crippen molar-refractivity contribution in [2.24, 2.45) is 0 Å². The average molecular weight is 339 g/mol. The number of likely N-dealkylation sites (N-methyl/N-ethyl adjacent to an activating group) is 1. The molecule has 0 saturated carbocycles. The van der Waals surface area contributed by atoms with E-state index < -0.39 is 0 Å². The van der Waals surface area contributed by atoms with Gasteiger partial charge in [-0.15, -0.1) is 0 Å². The Kier molecular flexibility index (Phi) is 4.80. The number of carbonyl (C=O) groups excluding carboxylic acids is 1. The fraction of sp³-hybridized carbons (Fsp3) is 0.571. The summed E-state index contributed by atoms with van der Waals surface area (Å²) in [7, 11) is 0. The van der Waals surface area contributed by atoms with Crippen LogP contribution in [0.5, 0.6) is 0 Å². The first kappa shape index (κ1) is 16.6. The number of carbonyl (C=O) groups is 1. The van der Waals surface area contributed by atoms with Crippen molar-refractivity contribution in [3.63, 3.8) is 0 Å². The van der Waals surface area contributed by atoms with Crippen molar-refractivity contribution in [2.75, 3.05) is 19.6 Å². The molecule has 1 aromatic carbocycles. The Hall–Kier alpha value is -1.81. The number of amides is 1. The summed E-state index contributed by atoms with van der Waals surface area (Å²) < 4.78 is 0. The van der Waals surface area contributed by atoms with Crippen LogP contribution in [0.2, 0.25) is 0 Å². The van der Waals surface area contributed by atoms with E-state index in [9.17, 15) is 4.79 Å². The van der Waals surface area contributed by atoms with Gasteiger partial charge in [0.25, 0.3) is 0 Å². The highest BCUT2D eigenvalue weighted by Gasteiger charge is 2.38. The van der Waals surface area contributed by atoms with Crippen LogP contribution >= 0.6 is 0 Å². The Bertz CT molecular complexity index is 738. The summed E-state index contributed by atoms with van der Waals surface area (Å²) in [6, 6.07) is 9.38. The minimum atomic E-state index is 0.343. The quantitative estimate of drug-likeness (QED) is 0.904. The topological polar surface area (TPSA) is 39.3 Å². The van der Waals surface area contributed by atoms with Crippen LogP contribution in [0.1, 0.15) is 44.6 Å². The highest BCUT2D eigenvalue weighted by atomic mass is 16.2. The molecular weight excluding hydrogens is 310 g/mol. The lowest BCUT2D eigenvalue weighted by Gasteiger charge is -2.34. The van der Waals surface area contributed by atoms with Crippen molar-refractivity contribution in [3.05, 3.63) is 36.0 Å². The van der Waals surface area contributed by atoms with Gasteiger partial charge < -0.3 is 9.88 Å². The predicted octanol–water partition coefficient (Wildman–Crippen LogP) is 3.58. The summed E-state index contributed by atoms with van der Waals surface area (Å²) in [5.74, 6) is 0.343. The molecule has 25 heavy (non-hydrogen) atoms. The molecular formula is C21H29N3O. The van der Waals surface area contributed by atoms with Crippen LogP contribution in [0.4, 0.5) is 0 Å². The molecule has 4 nitrogen and oxygen atoms in total. The molecule has 2 aromatic rings. The zero-order valence-electron chi connectivity index (χ0n) is 15.2. The van der Waals surface area contributed by atoms with Crippen LogP contribution in [0.25, 0.3) is 10.9 Å². The second-order valence-electron chi connectivity index (χ2n) is 7.49. The van der Waals surface area contributed by atoms with Crippen LogP contribution in [-0.2, 0) is 11.2 Å². The molecule has 2 atom stereocenters. The molecule has 134 valence electrons. The number of aromatic nitrogens is 1. The molecule has 2 aliphatic rings. The zero-order chi connectivity index (χ0) is 17.2. The van der Waals surface area contributed by atoms with Gasteiger partial charge >= 0.3 is 0 Å². The Morgan fingerprint density at radius 1 is 1.16 bits per heavy atom. The van der Waals surface area contributed by atoms with Crippen molar-refractivity contribution in [2.45, 2.75) is 57.5 Å². The van der Waals surface area contributed by atoms with E-state index in [1.54, 1.807) is 0 Å². The minimum Gasteiger partial charge on any atom is -0.361 e. The number of rotatable bonds is 5. The maximum Gasteiger partial charge on any atom is 0.223 e. The van der Waals surface area contributed by atoms with Gasteiger partial charge in [0.05, 0.1) is 0 Å². The largest absolute Gasteiger partial charge is 0.361 e. The molecule has 0 aliphatic carbocycles. The third kappa shape index (κ3) is 3.20. The molecule has 1 amide bonds. The van der Waals surface area contributed by atoms with Crippen LogP contribution in [0.3, 0.4) is 0 Å². The number of nitrogens with one attached hydrogen (secondary N) is 1. The maximum atomic E-state index is 12.9. The van der Waals surface area contributed by atoms with E-state index in [-0.39, 0.29) is 0 Å². The van der Waals surface area contributed by atoms with Crippen molar-refractivity contribution >= 4 is 16.8 Å². The Morgan fingerprint density at radius 2 is 1.96 bits per heavy atom. The monoisotopic (exact) mass is 339 g/mol. The number of aromatic amines is 1. The van der Waals surface area contributed by atoms with E-state index in [0.717, 1.165) is 31.4 Å². The van der Waals surface area contributed by atoms with Gasteiger partial charge in [-0.2, -0.15) is 0 Å². The molecule has 3 heterocycles. The van der Waals surface area contributed by atoms with Crippen molar-refractivity contribution in [3.8, 4) is 0 Å². The van der Waals surface area contributed by atoms with E-state index in [0.29, 0.717) is 24.4 Å². The number of aryl methyl sites for hydroxylation is 1. The summed E-state index contributed by atoms with van der Waals surface area (Å²) in [5.41, 5.74) is 2.42. The van der Waals surface area contributed by atoms with Gasteiger partial charge in [-0.3, -0.25) is 9.69 Å². The molecule has 0 spiro atoms. The van der Waals surface area contributed by atoms with Crippen LogP contribution in [0, 0.1) is 0 Å². The lowest BCUT2D eigenvalue weighted by Crippen LogP contribution is -2.48. The Morgan fingerprint density at radius 3 is 2.84 bits per heavy atom. The highest BCUT2D eigenvalue weighted by Crippen LogP contribution is 2.30. The first-order chi connectivity index (χ1) is 12.3. The standard InChI is InChI=1S/C21H29N3O/c1-2-23-13-5-9-19(23)20-10-6-14-24(20)21(25)12-11-16-15-22-18-8-4-3-7-17(16)18/h3-4,7-8,15,19-20,22H,2,5-6,9-14H2,1H3. The molecule has 4 heteroatoms. The third-order valence-electron chi connectivity index (χ3n) is 6.17.